The van der Waals surface area contributed by atoms with Crippen LogP contribution in [0.15, 0.2) is 48.8 Å². The summed E-state index contributed by atoms with van der Waals surface area (Å²) in [5.41, 5.74) is 5.03. The molecule has 0 aliphatic carbocycles. The van der Waals surface area contributed by atoms with E-state index in [1.165, 1.54) is 0 Å². The zero-order valence-electron chi connectivity index (χ0n) is 21.7. The summed E-state index contributed by atoms with van der Waals surface area (Å²) in [6, 6.07) is 13.0. The third-order valence-electron chi connectivity index (χ3n) is 7.52. The molecule has 0 bridgehead atoms. The molecule has 1 saturated heterocycles. The number of hydrogen-bond acceptors (Lipinski definition) is 4. The topological polar surface area (TPSA) is 78.8 Å². The predicted molar refractivity (Wildman–Crippen MR) is 145 cm³/mol. The van der Waals surface area contributed by atoms with E-state index in [0.717, 1.165) is 59.5 Å². The highest BCUT2D eigenvalue weighted by atomic mass is 19.1. The van der Waals surface area contributed by atoms with Gasteiger partial charge in [0, 0.05) is 40.5 Å². The minimum atomic E-state index is -0.949. The highest BCUT2D eigenvalue weighted by Gasteiger charge is 2.31. The zero-order valence-corrected chi connectivity index (χ0v) is 21.7. The molecule has 2 aliphatic rings. The molecule has 6 rings (SSSR count). The van der Waals surface area contributed by atoms with Gasteiger partial charge in [0.1, 0.15) is 17.9 Å². The van der Waals surface area contributed by atoms with Crippen molar-refractivity contribution in [1.82, 2.24) is 29.7 Å². The monoisotopic (exact) mass is 510 g/mol. The van der Waals surface area contributed by atoms with Crippen LogP contribution in [-0.2, 0) is 13.0 Å². The van der Waals surface area contributed by atoms with Crippen molar-refractivity contribution in [2.24, 2.45) is 5.92 Å². The number of benzene rings is 1. The summed E-state index contributed by atoms with van der Waals surface area (Å²) in [6.07, 6.45) is 3.11. The van der Waals surface area contributed by atoms with Crippen LogP contribution in [0.3, 0.4) is 0 Å². The molecule has 8 heteroatoms. The summed E-state index contributed by atoms with van der Waals surface area (Å²) < 4.78 is 16.1. The van der Waals surface area contributed by atoms with Crippen LogP contribution >= 0.6 is 0 Å². The Morgan fingerprint density at radius 1 is 1.21 bits per heavy atom. The lowest BCUT2D eigenvalue weighted by Gasteiger charge is -2.25. The number of H-pyrrole nitrogens is 1. The summed E-state index contributed by atoms with van der Waals surface area (Å²) in [7, 11) is 2.14. The highest BCUT2D eigenvalue weighted by Crippen LogP contribution is 2.31. The second-order valence-electron chi connectivity index (χ2n) is 10.5. The van der Waals surface area contributed by atoms with Crippen molar-refractivity contribution >= 4 is 16.8 Å². The first kappa shape index (κ1) is 24.4. The first-order valence-corrected chi connectivity index (χ1v) is 13.2. The molecule has 0 spiro atoms. The van der Waals surface area contributed by atoms with E-state index in [9.17, 15) is 9.18 Å². The quantitative estimate of drug-likeness (QED) is 0.404. The number of nitrogens with one attached hydrogen (secondary N) is 2. The van der Waals surface area contributed by atoms with Crippen LogP contribution < -0.4 is 5.32 Å². The summed E-state index contributed by atoms with van der Waals surface area (Å²) in [4.78, 5) is 28.5. The van der Waals surface area contributed by atoms with Gasteiger partial charge in [-0.05, 0) is 69.6 Å². The maximum atomic E-state index is 14.2. The molecule has 0 saturated carbocycles. The molecule has 2 N–H and O–H groups in total. The summed E-state index contributed by atoms with van der Waals surface area (Å²) >= 11 is 0. The Labute approximate surface area is 221 Å². The molecule has 1 amide bonds. The van der Waals surface area contributed by atoms with Gasteiger partial charge in [-0.1, -0.05) is 30.0 Å². The number of aromatic amines is 1. The number of aromatic nitrogens is 4. The van der Waals surface area contributed by atoms with Crippen molar-refractivity contribution in [2.45, 2.75) is 44.9 Å². The Balaban J connectivity index is 1.30. The van der Waals surface area contributed by atoms with Crippen LogP contribution in [-0.4, -0.2) is 56.6 Å². The first-order chi connectivity index (χ1) is 18.4. The van der Waals surface area contributed by atoms with Crippen molar-refractivity contribution in [3.63, 3.8) is 0 Å². The third-order valence-corrected chi connectivity index (χ3v) is 7.52. The SMILES string of the molecule is Cc1cc(C#CC2CCN(C)CC2)cc(C(=O)NC(c2cc3ccccc3[nH]2)c2ncn3c2C[C@@H](F)C3)n1. The van der Waals surface area contributed by atoms with Gasteiger partial charge in [-0.15, -0.1) is 0 Å². The Kier molecular flexibility index (Phi) is 6.46. The molecule has 5 heterocycles. The molecule has 3 aromatic heterocycles. The molecule has 194 valence electrons. The number of likely N-dealkylation sites (tertiary alicyclic amines) is 1. The number of para-hydroxylation sites is 1. The lowest BCUT2D eigenvalue weighted by atomic mass is 9.97. The van der Waals surface area contributed by atoms with Crippen molar-refractivity contribution in [3.8, 4) is 11.8 Å². The van der Waals surface area contributed by atoms with E-state index < -0.39 is 12.2 Å². The lowest BCUT2D eigenvalue weighted by Crippen LogP contribution is -2.31. The number of nitrogens with zero attached hydrogens (tertiary/aromatic N) is 4. The smallest absolute Gasteiger partial charge is 0.270 e. The van der Waals surface area contributed by atoms with Crippen LogP contribution in [0.4, 0.5) is 4.39 Å². The van der Waals surface area contributed by atoms with Crippen molar-refractivity contribution in [1.29, 1.82) is 0 Å². The van der Waals surface area contributed by atoms with Gasteiger partial charge in [-0.2, -0.15) is 0 Å². The number of carbonyl (C=O) groups excluding carboxylic acids is 1. The average molecular weight is 511 g/mol. The van der Waals surface area contributed by atoms with E-state index in [1.807, 2.05) is 47.9 Å². The van der Waals surface area contributed by atoms with Crippen LogP contribution in [0.1, 0.15) is 57.7 Å². The molecular weight excluding hydrogens is 479 g/mol. The van der Waals surface area contributed by atoms with Gasteiger partial charge in [0.2, 0.25) is 0 Å². The van der Waals surface area contributed by atoms with Crippen LogP contribution in [0.25, 0.3) is 10.9 Å². The molecule has 2 atom stereocenters. The molecule has 4 aromatic rings. The molecule has 1 aromatic carbocycles. The molecule has 1 fully saturated rings. The van der Waals surface area contributed by atoms with Crippen molar-refractivity contribution < 1.29 is 9.18 Å². The van der Waals surface area contributed by atoms with E-state index in [-0.39, 0.29) is 18.9 Å². The second-order valence-corrected chi connectivity index (χ2v) is 10.5. The molecule has 2 aliphatic heterocycles. The van der Waals surface area contributed by atoms with E-state index in [2.05, 4.69) is 44.1 Å². The van der Waals surface area contributed by atoms with Crippen LogP contribution in [0, 0.1) is 24.7 Å². The number of hydrogen-bond donors (Lipinski definition) is 2. The van der Waals surface area contributed by atoms with Gasteiger partial charge < -0.3 is 19.8 Å². The summed E-state index contributed by atoms with van der Waals surface area (Å²) in [5, 5.41) is 4.17. The average Bonchev–Trinajstić information content (AvgIpc) is 3.60. The van der Waals surface area contributed by atoms with E-state index in [0.29, 0.717) is 17.3 Å². The molecule has 38 heavy (non-hydrogen) atoms. The van der Waals surface area contributed by atoms with Gasteiger partial charge in [0.05, 0.1) is 18.6 Å². The third kappa shape index (κ3) is 4.94. The van der Waals surface area contributed by atoms with Crippen molar-refractivity contribution in [3.05, 3.63) is 82.8 Å². The fourth-order valence-electron chi connectivity index (χ4n) is 5.48. The second kappa shape index (κ2) is 10.1. The number of piperidine rings is 1. The first-order valence-electron chi connectivity index (χ1n) is 13.2. The zero-order chi connectivity index (χ0) is 26.2. The maximum Gasteiger partial charge on any atom is 0.270 e. The maximum absolute atomic E-state index is 14.2. The largest absolute Gasteiger partial charge is 0.356 e. The van der Waals surface area contributed by atoms with Gasteiger partial charge in [0.25, 0.3) is 5.91 Å². The van der Waals surface area contributed by atoms with Gasteiger partial charge in [-0.25, -0.2) is 14.4 Å². The van der Waals surface area contributed by atoms with Crippen LogP contribution in [0.5, 0.6) is 0 Å². The number of carbonyl (C=O) groups is 1. The minimum Gasteiger partial charge on any atom is -0.356 e. The fraction of sp³-hybridized carbons (Fsp3) is 0.367. The Morgan fingerprint density at radius 3 is 2.84 bits per heavy atom. The number of amides is 1. The Hall–Kier alpha value is -3.96. The summed E-state index contributed by atoms with van der Waals surface area (Å²) in [6.45, 7) is 4.27. The van der Waals surface area contributed by atoms with E-state index in [4.69, 9.17) is 0 Å². The summed E-state index contributed by atoms with van der Waals surface area (Å²) in [5.74, 6) is 6.72. The highest BCUT2D eigenvalue weighted by molar-refractivity contribution is 5.93. The Morgan fingerprint density at radius 2 is 2.03 bits per heavy atom. The van der Waals surface area contributed by atoms with Gasteiger partial charge in [-0.3, -0.25) is 4.79 Å². The fourth-order valence-corrected chi connectivity index (χ4v) is 5.48. The number of imidazole rings is 1. The molecule has 0 radical (unpaired) electrons. The number of pyridine rings is 1. The number of aryl methyl sites for hydroxylation is 1. The lowest BCUT2D eigenvalue weighted by molar-refractivity contribution is 0.0936. The van der Waals surface area contributed by atoms with E-state index >= 15 is 0 Å². The van der Waals surface area contributed by atoms with Gasteiger partial charge >= 0.3 is 0 Å². The number of fused-ring (bicyclic) bond motifs is 2. The predicted octanol–water partition coefficient (Wildman–Crippen LogP) is 4.17. The van der Waals surface area contributed by atoms with Crippen LogP contribution in [0.2, 0.25) is 0 Å². The Bertz CT molecular complexity index is 1520. The number of alkyl halides is 1. The van der Waals surface area contributed by atoms with E-state index in [1.54, 1.807) is 12.4 Å². The molecule has 1 unspecified atom stereocenters. The van der Waals surface area contributed by atoms with Crippen molar-refractivity contribution in [2.75, 3.05) is 20.1 Å². The number of halogens is 1. The van der Waals surface area contributed by atoms with Gasteiger partial charge in [0.15, 0.2) is 0 Å². The normalized spacial score (nSPS) is 18.7. The minimum absolute atomic E-state index is 0.279. The number of rotatable bonds is 4. The molecule has 7 nitrogen and oxygen atoms in total. The standard InChI is InChI=1S/C30H31FN6O/c1-19-13-21(8-7-20-9-11-36(2)12-10-20)14-26(33-19)30(38)35-28(25-15-22-5-3-4-6-24(22)34-25)29-27-16-23(31)17-37(27)18-32-29/h3-6,13-15,18,20,23,28,34H,9-12,16-17H2,1-2H3,(H,35,38)/t23-,28?/m1/s1. The molecular formula is C30H31FN6O.